The van der Waals surface area contributed by atoms with Gasteiger partial charge in [-0.1, -0.05) is 100.0 Å². The van der Waals surface area contributed by atoms with Crippen molar-refractivity contribution in [1.82, 2.24) is 14.9 Å². The van der Waals surface area contributed by atoms with E-state index >= 15 is 4.39 Å². The number of aromatic nitrogens is 2. The molecule has 3 atom stereocenters. The fourth-order valence-electron chi connectivity index (χ4n) is 5.47. The molecule has 0 amide bonds. The zero-order chi connectivity index (χ0) is 32.1. The second-order valence-electron chi connectivity index (χ2n) is 11.0. The third kappa shape index (κ3) is 12.5. The van der Waals surface area contributed by atoms with Crippen molar-refractivity contribution < 1.29 is 9.18 Å². The number of hydrogen-bond acceptors (Lipinski definition) is 4. The molecule has 1 aromatic heterocycles. The van der Waals surface area contributed by atoms with Gasteiger partial charge in [-0.3, -0.25) is 0 Å². The van der Waals surface area contributed by atoms with E-state index in [0.29, 0.717) is 29.9 Å². The minimum atomic E-state index is -0.432. The number of allylic oxidation sites excluding steroid dienone is 6. The van der Waals surface area contributed by atoms with Crippen LogP contribution in [-0.4, -0.2) is 34.6 Å². The minimum absolute atomic E-state index is 0.205. The Balaban J connectivity index is 0.00000130. The second kappa shape index (κ2) is 23.2. The second-order valence-corrected chi connectivity index (χ2v) is 11.0. The third-order valence-electron chi connectivity index (χ3n) is 8.23. The molecule has 6 heteroatoms. The van der Waals surface area contributed by atoms with Crippen LogP contribution in [0.3, 0.4) is 0 Å². The van der Waals surface area contributed by atoms with Gasteiger partial charge in [0, 0.05) is 24.4 Å². The Kier molecular flexibility index (Phi) is 21.9. The predicted octanol–water partition coefficient (Wildman–Crippen LogP) is 9.98. The van der Waals surface area contributed by atoms with Gasteiger partial charge in [0.2, 0.25) is 0 Å². The van der Waals surface area contributed by atoms with E-state index < -0.39 is 5.92 Å². The number of carbonyl (C=O) groups is 1. The van der Waals surface area contributed by atoms with E-state index in [-0.39, 0.29) is 11.5 Å². The zero-order valence-electron chi connectivity index (χ0n) is 28.7. The van der Waals surface area contributed by atoms with Gasteiger partial charge in [0.1, 0.15) is 12.1 Å². The SMILES string of the molecule is CC.CCCCC(CC)CC1=CC(=N)/C(=C\CC(C=O)c2ncn(C)c2CC)C(F)=C1CC.CCCCC(CC)NC. The van der Waals surface area contributed by atoms with Gasteiger partial charge in [0.05, 0.1) is 23.7 Å². The van der Waals surface area contributed by atoms with Crippen LogP contribution in [-0.2, 0) is 18.3 Å². The highest BCUT2D eigenvalue weighted by Gasteiger charge is 2.25. The highest BCUT2D eigenvalue weighted by atomic mass is 19.1. The molecule has 0 radical (unpaired) electrons. The summed E-state index contributed by atoms with van der Waals surface area (Å²) in [4.78, 5) is 16.2. The highest BCUT2D eigenvalue weighted by Crippen LogP contribution is 2.36. The average molecular weight is 587 g/mol. The number of unbranched alkanes of at least 4 members (excludes halogenated alkanes) is 2. The number of nitrogens with one attached hydrogen (secondary N) is 2. The van der Waals surface area contributed by atoms with Gasteiger partial charge in [-0.15, -0.1) is 0 Å². The molecule has 0 spiro atoms. The van der Waals surface area contributed by atoms with E-state index in [9.17, 15) is 4.79 Å². The van der Waals surface area contributed by atoms with E-state index in [4.69, 9.17) is 5.41 Å². The van der Waals surface area contributed by atoms with Crippen LogP contribution in [0.25, 0.3) is 0 Å². The molecular formula is C36H63FN4O. The summed E-state index contributed by atoms with van der Waals surface area (Å²) in [5, 5.41) is 11.8. The molecule has 3 unspecified atom stereocenters. The smallest absolute Gasteiger partial charge is 0.135 e. The van der Waals surface area contributed by atoms with Crippen LogP contribution >= 0.6 is 0 Å². The lowest BCUT2D eigenvalue weighted by atomic mass is 9.82. The van der Waals surface area contributed by atoms with Gasteiger partial charge in [-0.05, 0) is 68.7 Å². The Bertz CT molecular complexity index is 1000. The average Bonchev–Trinajstić information content (AvgIpc) is 3.38. The Labute approximate surface area is 258 Å². The standard InChI is InChI=1S/C26H38FN3O.C8H19N.C2H6/c1-6-10-11-18(7-2)14-20-15-23(28)22(25(27)21(20)8-3)13-12-19(16-31)26-24(9-4)30(5)17-29-26;1-4-6-7-8(5-2)9-3;1-2/h13,15-19,28H,6-12,14H2,1-5H3;8-9H,4-7H2,1-3H3;1-2H3/b22-13+,28-23?;;. The number of nitrogens with zero attached hydrogens (tertiary/aromatic N) is 2. The maximum absolute atomic E-state index is 15.4. The minimum Gasteiger partial charge on any atom is -0.337 e. The lowest BCUT2D eigenvalue weighted by molar-refractivity contribution is -0.109. The maximum atomic E-state index is 15.4. The van der Waals surface area contributed by atoms with Crippen molar-refractivity contribution in [2.24, 2.45) is 13.0 Å². The lowest BCUT2D eigenvalue weighted by Crippen LogP contribution is -2.23. The van der Waals surface area contributed by atoms with Crippen molar-refractivity contribution in [3.8, 4) is 0 Å². The summed E-state index contributed by atoms with van der Waals surface area (Å²) >= 11 is 0. The summed E-state index contributed by atoms with van der Waals surface area (Å²) in [6.07, 6.45) is 18.5. The van der Waals surface area contributed by atoms with Crippen LogP contribution in [0.5, 0.6) is 0 Å². The molecular weight excluding hydrogens is 523 g/mol. The Morgan fingerprint density at radius 1 is 1.02 bits per heavy atom. The molecule has 0 saturated heterocycles. The first-order chi connectivity index (χ1) is 20.3. The molecule has 0 saturated carbocycles. The number of imidazole rings is 1. The fourth-order valence-corrected chi connectivity index (χ4v) is 5.47. The molecule has 0 aromatic carbocycles. The highest BCUT2D eigenvalue weighted by molar-refractivity contribution is 6.11. The van der Waals surface area contributed by atoms with E-state index in [1.807, 2.05) is 52.4 Å². The van der Waals surface area contributed by atoms with Crippen LogP contribution in [0.4, 0.5) is 4.39 Å². The lowest BCUT2D eigenvalue weighted by Gasteiger charge is -2.23. The third-order valence-corrected chi connectivity index (χ3v) is 8.23. The number of rotatable bonds is 17. The van der Waals surface area contributed by atoms with Crippen LogP contribution in [0.15, 0.2) is 41.0 Å². The molecule has 1 aromatic rings. The molecule has 2 N–H and O–H groups in total. The van der Waals surface area contributed by atoms with Crippen LogP contribution in [0.2, 0.25) is 0 Å². The van der Waals surface area contributed by atoms with Gasteiger partial charge in [-0.2, -0.15) is 0 Å². The van der Waals surface area contributed by atoms with Crippen molar-refractivity contribution in [3.05, 3.63) is 52.4 Å². The molecule has 0 aliphatic heterocycles. The number of aryl methyl sites for hydroxylation is 1. The van der Waals surface area contributed by atoms with E-state index in [0.717, 1.165) is 61.4 Å². The van der Waals surface area contributed by atoms with Crippen molar-refractivity contribution >= 4 is 12.0 Å². The van der Waals surface area contributed by atoms with Crippen molar-refractivity contribution in [3.63, 3.8) is 0 Å². The van der Waals surface area contributed by atoms with Crippen LogP contribution in [0.1, 0.15) is 143 Å². The monoisotopic (exact) mass is 586 g/mol. The summed E-state index contributed by atoms with van der Waals surface area (Å²) in [6, 6.07) is 0.755. The quantitative estimate of drug-likeness (QED) is 0.178. The topological polar surface area (TPSA) is 70.8 Å². The summed E-state index contributed by atoms with van der Waals surface area (Å²) in [5.41, 5.74) is 3.96. The van der Waals surface area contributed by atoms with Crippen molar-refractivity contribution in [2.75, 3.05) is 7.05 Å². The number of carbonyl (C=O) groups excluding carboxylic acids is 1. The zero-order valence-corrected chi connectivity index (χ0v) is 28.7. The normalized spacial score (nSPS) is 16.2. The van der Waals surface area contributed by atoms with Gasteiger partial charge in [0.15, 0.2) is 0 Å². The number of aldehydes is 1. The van der Waals surface area contributed by atoms with Crippen LogP contribution < -0.4 is 5.32 Å². The predicted molar refractivity (Wildman–Crippen MR) is 180 cm³/mol. The van der Waals surface area contributed by atoms with Crippen LogP contribution in [0, 0.1) is 11.3 Å². The van der Waals surface area contributed by atoms with E-state index in [2.05, 4.69) is 38.0 Å². The Morgan fingerprint density at radius 2 is 1.67 bits per heavy atom. The summed E-state index contributed by atoms with van der Waals surface area (Å²) in [5.74, 6) is -0.204. The molecule has 0 bridgehead atoms. The first-order valence-corrected chi connectivity index (χ1v) is 16.8. The molecule has 1 aliphatic rings. The van der Waals surface area contributed by atoms with Gasteiger partial charge >= 0.3 is 0 Å². The Morgan fingerprint density at radius 3 is 2.17 bits per heavy atom. The van der Waals surface area contributed by atoms with E-state index in [1.165, 1.54) is 32.1 Å². The van der Waals surface area contributed by atoms with Crippen molar-refractivity contribution in [1.29, 1.82) is 5.41 Å². The first-order valence-electron chi connectivity index (χ1n) is 16.8. The summed E-state index contributed by atoms with van der Waals surface area (Å²) < 4.78 is 17.4. The number of halogens is 1. The maximum Gasteiger partial charge on any atom is 0.135 e. The van der Waals surface area contributed by atoms with Gasteiger partial charge < -0.3 is 20.1 Å². The summed E-state index contributed by atoms with van der Waals surface area (Å²) in [7, 11) is 3.96. The summed E-state index contributed by atoms with van der Waals surface area (Å²) in [6.45, 7) is 16.9. The van der Waals surface area contributed by atoms with Crippen molar-refractivity contribution in [2.45, 2.75) is 144 Å². The van der Waals surface area contributed by atoms with E-state index in [1.54, 1.807) is 12.4 Å². The molecule has 42 heavy (non-hydrogen) atoms. The molecule has 1 heterocycles. The molecule has 240 valence electrons. The molecule has 1 aliphatic carbocycles. The molecule has 2 rings (SSSR count). The van der Waals surface area contributed by atoms with Gasteiger partial charge in [-0.25, -0.2) is 9.37 Å². The molecule has 5 nitrogen and oxygen atoms in total. The number of hydrogen-bond donors (Lipinski definition) is 2. The first kappa shape index (κ1) is 39.7. The fraction of sp³-hybridized carbons (Fsp3) is 0.694. The largest absolute Gasteiger partial charge is 0.337 e. The molecule has 0 fully saturated rings. The Hall–Kier alpha value is -2.34. The van der Waals surface area contributed by atoms with Gasteiger partial charge in [0.25, 0.3) is 0 Å².